The van der Waals surface area contributed by atoms with Gasteiger partial charge in [-0.05, 0) is 24.6 Å². The third-order valence-corrected chi connectivity index (χ3v) is 2.31. The molecular formula is C12H13N3O2. The van der Waals surface area contributed by atoms with E-state index in [0.717, 1.165) is 5.56 Å². The fraction of sp³-hybridized carbons (Fsp3) is 0.333. The van der Waals surface area contributed by atoms with Gasteiger partial charge in [0, 0.05) is 6.54 Å². The standard InChI is InChI=1S/C12H13N3O2/c1-8-2-9(4-13)3-10(5-14)12(8)15-6-11(17)7-16/h2-3,11,15-17H,6-7H2,1H3. The van der Waals surface area contributed by atoms with Gasteiger partial charge in [0.1, 0.15) is 6.07 Å². The molecule has 0 bridgehead atoms. The van der Waals surface area contributed by atoms with Crippen molar-refractivity contribution in [2.45, 2.75) is 13.0 Å². The number of nitriles is 2. The second kappa shape index (κ2) is 5.86. The average molecular weight is 231 g/mol. The molecule has 0 radical (unpaired) electrons. The Hall–Kier alpha value is -2.08. The minimum atomic E-state index is -0.878. The molecule has 1 atom stereocenters. The molecule has 0 saturated carbocycles. The van der Waals surface area contributed by atoms with Gasteiger partial charge in [-0.2, -0.15) is 10.5 Å². The Morgan fingerprint density at radius 1 is 1.35 bits per heavy atom. The van der Waals surface area contributed by atoms with Crippen LogP contribution in [0.25, 0.3) is 0 Å². The lowest BCUT2D eigenvalue weighted by Gasteiger charge is -2.14. The van der Waals surface area contributed by atoms with E-state index in [1.54, 1.807) is 13.0 Å². The zero-order valence-corrected chi connectivity index (χ0v) is 9.44. The Bertz CT molecular complexity index is 486. The highest BCUT2D eigenvalue weighted by Gasteiger charge is 2.09. The predicted octanol–water partition coefficient (Wildman–Crippen LogP) is 0.503. The van der Waals surface area contributed by atoms with Gasteiger partial charge in [0.05, 0.1) is 35.6 Å². The largest absolute Gasteiger partial charge is 0.394 e. The Kier molecular flexibility index (Phi) is 4.47. The smallest absolute Gasteiger partial charge is 0.101 e. The van der Waals surface area contributed by atoms with Crippen molar-refractivity contribution in [2.75, 3.05) is 18.5 Å². The zero-order chi connectivity index (χ0) is 12.8. The monoisotopic (exact) mass is 231 g/mol. The fourth-order valence-electron chi connectivity index (χ4n) is 1.46. The number of nitrogens with zero attached hydrogens (tertiary/aromatic N) is 2. The van der Waals surface area contributed by atoms with E-state index in [4.69, 9.17) is 15.6 Å². The van der Waals surface area contributed by atoms with Crippen molar-refractivity contribution in [3.05, 3.63) is 28.8 Å². The fourth-order valence-corrected chi connectivity index (χ4v) is 1.46. The molecule has 0 aliphatic heterocycles. The Morgan fingerprint density at radius 3 is 2.59 bits per heavy atom. The highest BCUT2D eigenvalue weighted by atomic mass is 16.3. The molecule has 0 spiro atoms. The highest BCUT2D eigenvalue weighted by molar-refractivity contribution is 5.65. The number of hydrogen-bond donors (Lipinski definition) is 3. The summed E-state index contributed by atoms with van der Waals surface area (Å²) in [6.07, 6.45) is -0.878. The molecule has 0 amide bonds. The van der Waals surface area contributed by atoms with Gasteiger partial charge in [0.25, 0.3) is 0 Å². The topological polar surface area (TPSA) is 100 Å². The average Bonchev–Trinajstić information content (AvgIpc) is 2.35. The molecule has 0 aliphatic carbocycles. The lowest BCUT2D eigenvalue weighted by molar-refractivity contribution is 0.105. The lowest BCUT2D eigenvalue weighted by atomic mass is 10.0. The molecule has 0 heterocycles. The number of anilines is 1. The van der Waals surface area contributed by atoms with E-state index in [1.807, 2.05) is 12.1 Å². The second-order valence-electron chi connectivity index (χ2n) is 3.66. The Labute approximate surface area is 99.5 Å². The van der Waals surface area contributed by atoms with Crippen molar-refractivity contribution in [1.29, 1.82) is 10.5 Å². The number of aryl methyl sites for hydroxylation is 1. The SMILES string of the molecule is Cc1cc(C#N)cc(C#N)c1NCC(O)CO. The summed E-state index contributed by atoms with van der Waals surface area (Å²) >= 11 is 0. The van der Waals surface area contributed by atoms with Gasteiger partial charge in [-0.3, -0.25) is 0 Å². The first-order valence-corrected chi connectivity index (χ1v) is 5.10. The van der Waals surface area contributed by atoms with Crippen LogP contribution in [0.5, 0.6) is 0 Å². The van der Waals surface area contributed by atoms with E-state index < -0.39 is 6.10 Å². The zero-order valence-electron chi connectivity index (χ0n) is 9.44. The van der Waals surface area contributed by atoms with E-state index in [2.05, 4.69) is 5.32 Å². The van der Waals surface area contributed by atoms with Crippen LogP contribution in [0.4, 0.5) is 5.69 Å². The molecule has 5 nitrogen and oxygen atoms in total. The van der Waals surface area contributed by atoms with Gasteiger partial charge in [-0.25, -0.2) is 0 Å². The molecule has 1 aromatic carbocycles. The summed E-state index contributed by atoms with van der Waals surface area (Å²) in [6, 6.07) is 7.12. The summed E-state index contributed by atoms with van der Waals surface area (Å²) in [6.45, 7) is 1.58. The number of aliphatic hydroxyl groups excluding tert-OH is 2. The van der Waals surface area contributed by atoms with Crippen LogP contribution in [0.2, 0.25) is 0 Å². The third kappa shape index (κ3) is 3.18. The lowest BCUT2D eigenvalue weighted by Crippen LogP contribution is -2.23. The molecule has 17 heavy (non-hydrogen) atoms. The van der Waals surface area contributed by atoms with Crippen molar-refractivity contribution in [2.24, 2.45) is 0 Å². The molecule has 3 N–H and O–H groups in total. The van der Waals surface area contributed by atoms with Gasteiger partial charge in [-0.1, -0.05) is 0 Å². The van der Waals surface area contributed by atoms with Crippen LogP contribution < -0.4 is 5.32 Å². The van der Waals surface area contributed by atoms with E-state index in [-0.39, 0.29) is 13.2 Å². The van der Waals surface area contributed by atoms with E-state index >= 15 is 0 Å². The van der Waals surface area contributed by atoms with E-state index in [0.29, 0.717) is 16.8 Å². The summed E-state index contributed by atoms with van der Waals surface area (Å²) in [4.78, 5) is 0. The number of nitrogens with one attached hydrogen (secondary N) is 1. The second-order valence-corrected chi connectivity index (χ2v) is 3.66. The molecular weight excluding hydrogens is 218 g/mol. The number of hydrogen-bond acceptors (Lipinski definition) is 5. The quantitative estimate of drug-likeness (QED) is 0.700. The van der Waals surface area contributed by atoms with Crippen LogP contribution in [0.1, 0.15) is 16.7 Å². The number of rotatable bonds is 4. The van der Waals surface area contributed by atoms with E-state index in [9.17, 15) is 5.11 Å². The molecule has 1 aromatic rings. The Morgan fingerprint density at radius 2 is 2.06 bits per heavy atom. The van der Waals surface area contributed by atoms with Gasteiger partial charge < -0.3 is 15.5 Å². The van der Waals surface area contributed by atoms with Crippen LogP contribution in [0.15, 0.2) is 12.1 Å². The maximum Gasteiger partial charge on any atom is 0.101 e. The normalized spacial score (nSPS) is 11.4. The van der Waals surface area contributed by atoms with Crippen molar-refractivity contribution in [3.63, 3.8) is 0 Å². The first-order chi connectivity index (χ1) is 8.12. The number of aliphatic hydroxyl groups is 2. The number of benzene rings is 1. The molecule has 0 aliphatic rings. The van der Waals surface area contributed by atoms with Crippen LogP contribution >= 0.6 is 0 Å². The molecule has 0 saturated heterocycles. The van der Waals surface area contributed by atoms with Crippen LogP contribution in [-0.2, 0) is 0 Å². The molecule has 88 valence electrons. The summed E-state index contributed by atoms with van der Waals surface area (Å²) in [5, 5.41) is 38.6. The van der Waals surface area contributed by atoms with Crippen molar-refractivity contribution in [3.8, 4) is 12.1 Å². The van der Waals surface area contributed by atoms with Gasteiger partial charge in [-0.15, -0.1) is 0 Å². The van der Waals surface area contributed by atoms with Crippen LogP contribution in [-0.4, -0.2) is 29.5 Å². The molecule has 5 heteroatoms. The third-order valence-electron chi connectivity index (χ3n) is 2.31. The summed E-state index contributed by atoms with van der Waals surface area (Å²) < 4.78 is 0. The van der Waals surface area contributed by atoms with Crippen LogP contribution in [0, 0.1) is 29.6 Å². The summed E-state index contributed by atoms with van der Waals surface area (Å²) in [7, 11) is 0. The molecule has 0 fully saturated rings. The predicted molar refractivity (Wildman–Crippen MR) is 62.2 cm³/mol. The minimum Gasteiger partial charge on any atom is -0.394 e. The maximum absolute atomic E-state index is 9.23. The summed E-state index contributed by atoms with van der Waals surface area (Å²) in [5.41, 5.74) is 2.11. The maximum atomic E-state index is 9.23. The van der Waals surface area contributed by atoms with Crippen molar-refractivity contribution >= 4 is 5.69 Å². The first kappa shape index (κ1) is 13.0. The van der Waals surface area contributed by atoms with Gasteiger partial charge in [0.15, 0.2) is 0 Å². The van der Waals surface area contributed by atoms with E-state index in [1.165, 1.54) is 6.07 Å². The minimum absolute atomic E-state index is 0.151. The highest BCUT2D eigenvalue weighted by Crippen LogP contribution is 2.22. The Balaban J connectivity index is 3.00. The van der Waals surface area contributed by atoms with Crippen molar-refractivity contribution < 1.29 is 10.2 Å². The summed E-state index contributed by atoms with van der Waals surface area (Å²) in [5.74, 6) is 0. The first-order valence-electron chi connectivity index (χ1n) is 5.10. The van der Waals surface area contributed by atoms with Gasteiger partial charge in [0.2, 0.25) is 0 Å². The van der Waals surface area contributed by atoms with Gasteiger partial charge >= 0.3 is 0 Å². The molecule has 0 aromatic heterocycles. The van der Waals surface area contributed by atoms with Crippen LogP contribution in [0.3, 0.4) is 0 Å². The molecule has 1 unspecified atom stereocenters. The van der Waals surface area contributed by atoms with Crippen molar-refractivity contribution in [1.82, 2.24) is 0 Å². The molecule has 1 rings (SSSR count).